The van der Waals surface area contributed by atoms with E-state index < -0.39 is 0 Å². The van der Waals surface area contributed by atoms with E-state index in [-0.39, 0.29) is 37.3 Å². The first-order chi connectivity index (χ1) is 32.8. The molecule has 7 heteroatoms. The summed E-state index contributed by atoms with van der Waals surface area (Å²) < 4.78 is 11.4. The molecule has 0 aliphatic rings. The van der Waals surface area contributed by atoms with E-state index in [9.17, 15) is 0 Å². The van der Waals surface area contributed by atoms with E-state index in [1.165, 1.54) is 44.2 Å². The van der Waals surface area contributed by atoms with Gasteiger partial charge in [-0.05, 0) is 128 Å². The first-order valence-corrected chi connectivity index (χ1v) is 24.3. The molecular weight excluding hydrogens is 1040 g/mol. The molecule has 0 saturated heterocycles. The topological polar surface area (TPSA) is 62.9 Å². The molecule has 350 valence electrons. The molecule has 6 nitrogen and oxygen atoms in total. The Bertz CT molecular complexity index is 4090. The maximum Gasteiger partial charge on any atom is 2.00 e. The first kappa shape index (κ1) is 45.7. The van der Waals surface area contributed by atoms with Crippen LogP contribution in [-0.2, 0) is 37.3 Å². The number of aryl methyl sites for hydroxylation is 2. The van der Waals surface area contributed by atoms with Crippen molar-refractivity contribution in [2.75, 3.05) is 0 Å². The second kappa shape index (κ2) is 15.9. The molecule has 70 heavy (non-hydrogen) atoms. The Hall–Kier alpha value is -6.75. The van der Waals surface area contributed by atoms with Gasteiger partial charge in [0, 0.05) is 33.7 Å². The number of hydrogen-bond donors (Lipinski definition) is 0. The molecule has 12 rings (SSSR count). The van der Waals surface area contributed by atoms with Gasteiger partial charge in [0.1, 0.15) is 11.4 Å². The number of hydrogen-bond acceptors (Lipinski definition) is 3. The smallest absolute Gasteiger partial charge is 0.656 e. The minimum absolute atomic E-state index is 0. The van der Waals surface area contributed by atoms with Crippen molar-refractivity contribution in [2.24, 2.45) is 0 Å². The zero-order valence-electron chi connectivity index (χ0n) is 42.1. The van der Waals surface area contributed by atoms with Crippen molar-refractivity contribution in [3.63, 3.8) is 0 Å². The average Bonchev–Trinajstić information content (AvgIpc) is 4.08. The summed E-state index contributed by atoms with van der Waals surface area (Å²) in [6.45, 7) is 27.2. The zero-order valence-corrected chi connectivity index (χ0v) is 44.4. The number of imidazole rings is 1. The van der Waals surface area contributed by atoms with Gasteiger partial charge in [0.15, 0.2) is 11.4 Å². The predicted octanol–water partition coefficient (Wildman–Crippen LogP) is 16.6. The summed E-state index contributed by atoms with van der Waals surface area (Å²) in [6, 6.07) is 48.2. The standard InChI is InChI=1S/C63H57N5O.Pt/c1-35-29-41(30-36(2)37(35)3)67-53-34-40(62(7,8)9)33-47(56(53)66-59(67)46-24-25-49(63(10,11)12)55-45-18-13-15-19-50(45)65-57(46)55)38-21-23-42-48-32-39(61(4,5)6)22-26-51(48)68(52(42)31-38)60-58-44(27-28-64-60)43-17-14-16-20-54(43)69-58;/h13-30,32-34H,1-12H3;/q-2;+2. The van der Waals surface area contributed by atoms with E-state index in [0.717, 1.165) is 99.8 Å². The summed E-state index contributed by atoms with van der Waals surface area (Å²) in [5, 5.41) is 6.71. The van der Waals surface area contributed by atoms with Crippen LogP contribution in [0.2, 0.25) is 0 Å². The van der Waals surface area contributed by atoms with Gasteiger partial charge in [0.2, 0.25) is 0 Å². The summed E-state index contributed by atoms with van der Waals surface area (Å²) in [4.78, 5) is 16.4. The third-order valence-electron chi connectivity index (χ3n) is 14.7. The Morgan fingerprint density at radius 1 is 0.586 bits per heavy atom. The number of pyridine rings is 1. The molecule has 0 bridgehead atoms. The molecule has 0 unspecified atom stereocenters. The van der Waals surface area contributed by atoms with E-state index >= 15 is 0 Å². The molecule has 0 radical (unpaired) electrons. The molecule has 7 aromatic carbocycles. The number of nitrogens with zero attached hydrogens (tertiary/aromatic N) is 5. The van der Waals surface area contributed by atoms with Crippen LogP contribution < -0.4 is 4.98 Å². The fourth-order valence-corrected chi connectivity index (χ4v) is 10.7. The number of benzene rings is 7. The molecule has 0 saturated carbocycles. The summed E-state index contributed by atoms with van der Waals surface area (Å²) in [5.41, 5.74) is 18.7. The largest absolute Gasteiger partial charge is 2.00 e. The summed E-state index contributed by atoms with van der Waals surface area (Å²) in [6.07, 6.45) is 1.90. The summed E-state index contributed by atoms with van der Waals surface area (Å²) in [7, 11) is 0. The molecule has 5 heterocycles. The fraction of sp³-hybridized carbons (Fsp3) is 0.238. The van der Waals surface area contributed by atoms with Crippen LogP contribution in [0.25, 0.3) is 111 Å². The van der Waals surface area contributed by atoms with Crippen molar-refractivity contribution in [2.45, 2.75) is 99.3 Å². The summed E-state index contributed by atoms with van der Waals surface area (Å²) >= 11 is 0. The van der Waals surface area contributed by atoms with Crippen LogP contribution in [0.15, 0.2) is 132 Å². The maximum absolute atomic E-state index is 6.69. The molecule has 0 aliphatic heterocycles. The van der Waals surface area contributed by atoms with Gasteiger partial charge in [-0.15, -0.1) is 34.8 Å². The van der Waals surface area contributed by atoms with Crippen molar-refractivity contribution < 1.29 is 25.5 Å². The average molecular weight is 1100 g/mol. The molecule has 0 N–H and O–H groups in total. The van der Waals surface area contributed by atoms with Crippen LogP contribution >= 0.6 is 0 Å². The van der Waals surface area contributed by atoms with Crippen LogP contribution in [0.1, 0.15) is 95.7 Å². The second-order valence-electron chi connectivity index (χ2n) is 22.4. The maximum atomic E-state index is 6.69. The number of fused-ring (bicyclic) bond motifs is 10. The minimum atomic E-state index is -0.187. The Labute approximate surface area is 424 Å². The van der Waals surface area contributed by atoms with Crippen molar-refractivity contribution in [3.05, 3.63) is 167 Å². The fourth-order valence-electron chi connectivity index (χ4n) is 10.7. The molecule has 0 atom stereocenters. The third kappa shape index (κ3) is 7.00. The molecule has 5 aromatic heterocycles. The van der Waals surface area contributed by atoms with E-state index in [0.29, 0.717) is 0 Å². The molecule has 0 spiro atoms. The molecule has 0 amide bonds. The predicted molar refractivity (Wildman–Crippen MR) is 289 cm³/mol. The van der Waals surface area contributed by atoms with Crippen LogP contribution in [0.4, 0.5) is 0 Å². The van der Waals surface area contributed by atoms with Gasteiger partial charge in [-0.25, -0.2) is 9.97 Å². The Morgan fingerprint density at radius 3 is 2.03 bits per heavy atom. The summed E-state index contributed by atoms with van der Waals surface area (Å²) in [5.74, 6) is 1.60. The number of para-hydroxylation sites is 2. The van der Waals surface area contributed by atoms with Gasteiger partial charge < -0.3 is 14.0 Å². The normalized spacial score (nSPS) is 12.7. The molecular formula is C63H57N5OPt. The third-order valence-corrected chi connectivity index (χ3v) is 14.7. The monoisotopic (exact) mass is 1090 g/mol. The van der Waals surface area contributed by atoms with Crippen molar-refractivity contribution in [3.8, 4) is 34.0 Å². The SMILES string of the molecule is Cc1cc(-n2c(-c3ccc(C(C)(C)C)c4c3[n-]c3ccccc34)nc3c(-c4[c-]c5c(cc4)c4cc(C(C)(C)C)ccc4n5-c4nccc5c4oc4ccccc45)cc(C(C)(C)C)cc32)cc(C)c1C.[Pt+2]. The van der Waals surface area contributed by atoms with E-state index in [2.05, 4.69) is 207 Å². The van der Waals surface area contributed by atoms with Crippen molar-refractivity contribution in [1.82, 2.24) is 24.1 Å². The quantitative estimate of drug-likeness (QED) is 0.165. The van der Waals surface area contributed by atoms with Gasteiger partial charge >= 0.3 is 21.1 Å². The van der Waals surface area contributed by atoms with Gasteiger partial charge in [-0.3, -0.25) is 4.57 Å². The van der Waals surface area contributed by atoms with Gasteiger partial charge in [0.25, 0.3) is 0 Å². The van der Waals surface area contributed by atoms with Gasteiger partial charge in [-0.1, -0.05) is 146 Å². The zero-order chi connectivity index (χ0) is 48.1. The Balaban J connectivity index is 0.00000533. The molecule has 0 aliphatic carbocycles. The first-order valence-electron chi connectivity index (χ1n) is 24.3. The van der Waals surface area contributed by atoms with Crippen LogP contribution in [0.3, 0.4) is 0 Å². The Morgan fingerprint density at radius 2 is 1.30 bits per heavy atom. The molecule has 0 fully saturated rings. The minimum Gasteiger partial charge on any atom is -0.656 e. The number of furan rings is 1. The van der Waals surface area contributed by atoms with E-state index in [4.69, 9.17) is 19.4 Å². The van der Waals surface area contributed by atoms with Crippen LogP contribution in [0, 0.1) is 26.8 Å². The Kier molecular flexibility index (Phi) is 10.4. The van der Waals surface area contributed by atoms with Crippen molar-refractivity contribution >= 4 is 76.6 Å². The number of aromatic nitrogens is 5. The van der Waals surface area contributed by atoms with Gasteiger partial charge in [-0.2, -0.15) is 0 Å². The van der Waals surface area contributed by atoms with E-state index in [1.807, 2.05) is 18.3 Å². The van der Waals surface area contributed by atoms with Crippen LogP contribution in [0.5, 0.6) is 0 Å². The van der Waals surface area contributed by atoms with Crippen molar-refractivity contribution in [1.29, 1.82) is 0 Å². The van der Waals surface area contributed by atoms with Crippen LogP contribution in [-0.4, -0.2) is 19.1 Å². The van der Waals surface area contributed by atoms with E-state index in [1.54, 1.807) is 0 Å². The van der Waals surface area contributed by atoms with Gasteiger partial charge in [0.05, 0.1) is 11.0 Å². The number of rotatable bonds is 4. The molecule has 12 aromatic rings. The second-order valence-corrected chi connectivity index (χ2v) is 22.4.